The molecule has 0 saturated heterocycles. The number of halogens is 1. The van der Waals surface area contributed by atoms with Crippen LogP contribution in [0.1, 0.15) is 10.4 Å². The van der Waals surface area contributed by atoms with E-state index in [1.165, 1.54) is 16.5 Å². The molecule has 2 aromatic rings. The summed E-state index contributed by atoms with van der Waals surface area (Å²) in [4.78, 5) is 2.51. The monoisotopic (exact) mass is 277 g/mol. The first-order chi connectivity index (χ1) is 9.28. The van der Waals surface area contributed by atoms with Gasteiger partial charge in [-0.3, -0.25) is 0 Å². The number of hydrogen-bond acceptors (Lipinski definition) is 3. The van der Waals surface area contributed by atoms with E-state index in [4.69, 9.17) is 4.74 Å². The van der Waals surface area contributed by atoms with Gasteiger partial charge in [-0.25, -0.2) is 4.39 Å². The van der Waals surface area contributed by atoms with E-state index in [9.17, 15) is 4.39 Å². The van der Waals surface area contributed by atoms with Gasteiger partial charge in [0.05, 0.1) is 7.11 Å². The van der Waals surface area contributed by atoms with Crippen molar-refractivity contribution in [2.24, 2.45) is 0 Å². The highest BCUT2D eigenvalue weighted by Gasteiger charge is 2.15. The van der Waals surface area contributed by atoms with Gasteiger partial charge in [0, 0.05) is 15.3 Å². The highest BCUT2D eigenvalue weighted by Crippen LogP contribution is 2.38. The van der Waals surface area contributed by atoms with Crippen LogP contribution in [0.25, 0.3) is 10.4 Å². The largest absolute Gasteiger partial charge is 0.496 e. The summed E-state index contributed by atoms with van der Waals surface area (Å²) in [5.41, 5.74) is 2.24. The highest BCUT2D eigenvalue weighted by atomic mass is 32.1. The summed E-state index contributed by atoms with van der Waals surface area (Å²) in [6.45, 7) is 2.04. The lowest BCUT2D eigenvalue weighted by Gasteiger charge is -2.06. The summed E-state index contributed by atoms with van der Waals surface area (Å²) in [6, 6.07) is 6.87. The molecular formula is C15H16FNOS. The fourth-order valence-electron chi connectivity index (χ4n) is 2.45. The van der Waals surface area contributed by atoms with Crippen LogP contribution in [0.2, 0.25) is 0 Å². The molecule has 0 saturated carbocycles. The summed E-state index contributed by atoms with van der Waals surface area (Å²) in [5.74, 6) is 0.511. The van der Waals surface area contributed by atoms with Crippen LogP contribution >= 0.6 is 11.3 Å². The highest BCUT2D eigenvalue weighted by molar-refractivity contribution is 7.15. The Kier molecular flexibility index (Phi) is 3.53. The van der Waals surface area contributed by atoms with Gasteiger partial charge in [-0.15, -0.1) is 11.3 Å². The molecule has 1 aliphatic heterocycles. The van der Waals surface area contributed by atoms with Crippen molar-refractivity contribution < 1.29 is 9.13 Å². The number of methoxy groups -OCH3 is 1. The van der Waals surface area contributed by atoms with Gasteiger partial charge in [-0.2, -0.15) is 0 Å². The van der Waals surface area contributed by atoms with Crippen molar-refractivity contribution in [3.05, 3.63) is 40.5 Å². The topological polar surface area (TPSA) is 21.3 Å². The van der Waals surface area contributed by atoms with E-state index in [0.717, 1.165) is 42.1 Å². The van der Waals surface area contributed by atoms with E-state index >= 15 is 0 Å². The average Bonchev–Trinajstić information content (AvgIpc) is 2.70. The van der Waals surface area contributed by atoms with Gasteiger partial charge in [0.1, 0.15) is 11.6 Å². The van der Waals surface area contributed by atoms with E-state index in [1.54, 1.807) is 30.6 Å². The molecule has 2 nitrogen and oxygen atoms in total. The van der Waals surface area contributed by atoms with Crippen molar-refractivity contribution in [1.82, 2.24) is 5.32 Å². The molecule has 2 heterocycles. The van der Waals surface area contributed by atoms with Crippen LogP contribution in [-0.2, 0) is 12.8 Å². The molecule has 0 bridgehead atoms. The van der Waals surface area contributed by atoms with E-state index in [2.05, 4.69) is 11.4 Å². The van der Waals surface area contributed by atoms with E-state index in [0.29, 0.717) is 0 Å². The molecule has 3 rings (SSSR count). The smallest absolute Gasteiger partial charge is 0.127 e. The minimum Gasteiger partial charge on any atom is -0.496 e. The van der Waals surface area contributed by atoms with Crippen molar-refractivity contribution >= 4 is 11.3 Å². The second kappa shape index (κ2) is 5.31. The third kappa shape index (κ3) is 2.51. The fraction of sp³-hybridized carbons (Fsp3) is 0.333. The second-order valence-corrected chi connectivity index (χ2v) is 5.79. The number of nitrogens with one attached hydrogen (secondary N) is 1. The average molecular weight is 277 g/mol. The normalized spacial score (nSPS) is 14.8. The zero-order valence-corrected chi connectivity index (χ0v) is 11.6. The summed E-state index contributed by atoms with van der Waals surface area (Å²) in [7, 11) is 1.62. The Balaban J connectivity index is 2.05. The lowest BCUT2D eigenvalue weighted by Crippen LogP contribution is -2.16. The maximum Gasteiger partial charge on any atom is 0.127 e. The van der Waals surface area contributed by atoms with Gasteiger partial charge in [0.2, 0.25) is 0 Å². The molecule has 100 valence electrons. The molecule has 0 atom stereocenters. The van der Waals surface area contributed by atoms with Crippen LogP contribution in [0.5, 0.6) is 5.75 Å². The molecule has 0 amide bonds. The summed E-state index contributed by atoms with van der Waals surface area (Å²) >= 11 is 1.75. The van der Waals surface area contributed by atoms with Gasteiger partial charge in [-0.1, -0.05) is 0 Å². The number of rotatable bonds is 2. The maximum atomic E-state index is 13.5. The van der Waals surface area contributed by atoms with E-state index in [-0.39, 0.29) is 5.82 Å². The number of benzene rings is 1. The first-order valence-electron chi connectivity index (χ1n) is 6.44. The number of thiophene rings is 1. The Morgan fingerprint density at radius 2 is 2.05 bits per heavy atom. The zero-order chi connectivity index (χ0) is 13.2. The summed E-state index contributed by atoms with van der Waals surface area (Å²) in [6.07, 6.45) is 2.10. The van der Waals surface area contributed by atoms with Crippen molar-refractivity contribution in [3.63, 3.8) is 0 Å². The van der Waals surface area contributed by atoms with Crippen LogP contribution in [0.15, 0.2) is 24.3 Å². The Bertz CT molecular complexity index is 570. The van der Waals surface area contributed by atoms with Crippen LogP contribution < -0.4 is 10.1 Å². The fourth-order valence-corrected chi connectivity index (χ4v) is 3.68. The maximum absolute atomic E-state index is 13.5. The molecule has 1 N–H and O–H groups in total. The quantitative estimate of drug-likeness (QED) is 0.910. The van der Waals surface area contributed by atoms with E-state index in [1.807, 2.05) is 0 Å². The van der Waals surface area contributed by atoms with Gasteiger partial charge in [0.15, 0.2) is 0 Å². The Labute approximate surface area is 116 Å². The standard InChI is InChI=1S/C15H16FNOS/c1-18-13-3-2-11(16)9-12(13)15-8-10-4-6-17-7-5-14(10)19-15/h2-3,8-9,17H,4-7H2,1H3. The molecule has 19 heavy (non-hydrogen) atoms. The molecule has 0 aliphatic carbocycles. The van der Waals surface area contributed by atoms with Crippen LogP contribution in [0, 0.1) is 5.82 Å². The second-order valence-electron chi connectivity index (χ2n) is 4.65. The summed E-state index contributed by atoms with van der Waals surface area (Å²) in [5, 5.41) is 3.39. The Hall–Kier alpha value is -1.39. The lowest BCUT2D eigenvalue weighted by molar-refractivity contribution is 0.415. The Morgan fingerprint density at radius 3 is 2.89 bits per heavy atom. The van der Waals surface area contributed by atoms with Gasteiger partial charge >= 0.3 is 0 Å². The third-order valence-corrected chi connectivity index (χ3v) is 4.69. The van der Waals surface area contributed by atoms with Crippen LogP contribution in [0.4, 0.5) is 4.39 Å². The predicted molar refractivity (Wildman–Crippen MR) is 76.5 cm³/mol. The summed E-state index contributed by atoms with van der Waals surface area (Å²) < 4.78 is 18.8. The first-order valence-corrected chi connectivity index (χ1v) is 7.26. The number of fused-ring (bicyclic) bond motifs is 1. The molecule has 0 spiro atoms. The first kappa shape index (κ1) is 12.6. The number of hydrogen-bond donors (Lipinski definition) is 1. The predicted octanol–water partition coefficient (Wildman–Crippen LogP) is 3.25. The molecular weight excluding hydrogens is 261 g/mol. The van der Waals surface area contributed by atoms with Gasteiger partial charge in [-0.05, 0) is 55.8 Å². The molecule has 0 fully saturated rings. The minimum absolute atomic E-state index is 0.221. The van der Waals surface area contributed by atoms with Gasteiger partial charge in [0.25, 0.3) is 0 Å². The van der Waals surface area contributed by atoms with Crippen molar-refractivity contribution in [2.75, 3.05) is 20.2 Å². The number of ether oxygens (including phenoxy) is 1. The molecule has 0 unspecified atom stereocenters. The van der Waals surface area contributed by atoms with Gasteiger partial charge < -0.3 is 10.1 Å². The SMILES string of the molecule is COc1ccc(F)cc1-c1cc2c(s1)CCNCC2. The molecule has 1 aliphatic rings. The van der Waals surface area contributed by atoms with Crippen molar-refractivity contribution in [1.29, 1.82) is 0 Å². The van der Waals surface area contributed by atoms with Crippen LogP contribution in [-0.4, -0.2) is 20.2 Å². The van der Waals surface area contributed by atoms with Crippen molar-refractivity contribution in [2.45, 2.75) is 12.8 Å². The van der Waals surface area contributed by atoms with Crippen molar-refractivity contribution in [3.8, 4) is 16.2 Å². The van der Waals surface area contributed by atoms with E-state index < -0.39 is 0 Å². The Morgan fingerprint density at radius 1 is 1.21 bits per heavy atom. The lowest BCUT2D eigenvalue weighted by atomic mass is 10.1. The molecule has 1 aromatic heterocycles. The van der Waals surface area contributed by atoms with Crippen LogP contribution in [0.3, 0.4) is 0 Å². The molecule has 4 heteroatoms. The third-order valence-electron chi connectivity index (χ3n) is 3.42. The molecule has 1 aromatic carbocycles. The molecule has 0 radical (unpaired) electrons. The minimum atomic E-state index is -0.221. The zero-order valence-electron chi connectivity index (χ0n) is 10.8.